The van der Waals surface area contributed by atoms with Crippen LogP contribution in [0.2, 0.25) is 0 Å². The van der Waals surface area contributed by atoms with Gasteiger partial charge in [0.05, 0.1) is 24.3 Å². The molecule has 0 fully saturated rings. The third kappa shape index (κ3) is 7.42. The number of nitrogens with one attached hydrogen (secondary N) is 1. The predicted octanol–water partition coefficient (Wildman–Crippen LogP) is 4.21. The highest BCUT2D eigenvalue weighted by Crippen LogP contribution is 2.35. The van der Waals surface area contributed by atoms with Gasteiger partial charge in [0.15, 0.2) is 11.5 Å². The summed E-state index contributed by atoms with van der Waals surface area (Å²) >= 11 is 0. The largest absolute Gasteiger partial charge is 0.487 e. The molecule has 8 heteroatoms. The highest BCUT2D eigenvalue weighted by Gasteiger charge is 2.13. The smallest absolute Gasteiger partial charge is 0.163 e. The Morgan fingerprint density at radius 1 is 0.939 bits per heavy atom. The fourth-order valence-electron chi connectivity index (χ4n) is 3.02. The quantitative estimate of drug-likeness (QED) is 0.394. The molecule has 3 aromatic rings. The van der Waals surface area contributed by atoms with E-state index in [-0.39, 0.29) is 0 Å². The molecule has 1 aromatic heterocycles. The molecule has 33 heavy (non-hydrogen) atoms. The van der Waals surface area contributed by atoms with Gasteiger partial charge >= 0.3 is 0 Å². The normalized spacial score (nSPS) is 11.8. The molecule has 0 aliphatic carbocycles. The predicted molar refractivity (Wildman–Crippen MR) is 129 cm³/mol. The summed E-state index contributed by atoms with van der Waals surface area (Å²) in [6, 6.07) is 11.5. The summed E-state index contributed by atoms with van der Waals surface area (Å²) in [4.78, 5) is 8.84. The summed E-state index contributed by atoms with van der Waals surface area (Å²) in [6.07, 6.45) is 5.14. The summed E-state index contributed by atoms with van der Waals surface area (Å²) in [7, 11) is 3.25. The summed E-state index contributed by atoms with van der Waals surface area (Å²) in [6.45, 7) is 5.16. The van der Waals surface area contributed by atoms with E-state index in [0.29, 0.717) is 43.7 Å². The minimum absolute atomic E-state index is 0.384. The lowest BCUT2D eigenvalue weighted by atomic mass is 10.1. The highest BCUT2D eigenvalue weighted by atomic mass is 16.5. The van der Waals surface area contributed by atoms with Gasteiger partial charge in [0.25, 0.3) is 0 Å². The summed E-state index contributed by atoms with van der Waals surface area (Å²) in [5.41, 5.74) is 1.65. The first-order valence-electron chi connectivity index (χ1n) is 10.7. The van der Waals surface area contributed by atoms with Gasteiger partial charge in [-0.3, -0.25) is 0 Å². The van der Waals surface area contributed by atoms with Gasteiger partial charge in [-0.2, -0.15) is 0 Å². The van der Waals surface area contributed by atoms with Gasteiger partial charge in [0.2, 0.25) is 0 Å². The molecule has 8 nitrogen and oxygen atoms in total. The summed E-state index contributed by atoms with van der Waals surface area (Å²) in [5.74, 6) is 1.80. The second-order valence-electron chi connectivity index (χ2n) is 7.96. The topological polar surface area (TPSA) is 95.0 Å². The second kappa shape index (κ2) is 11.6. The summed E-state index contributed by atoms with van der Waals surface area (Å²) in [5, 5.41) is 14.1. The lowest BCUT2D eigenvalue weighted by molar-refractivity contribution is 0.132. The molecule has 176 valence electrons. The van der Waals surface area contributed by atoms with Crippen LogP contribution in [0.5, 0.6) is 11.5 Å². The van der Waals surface area contributed by atoms with Gasteiger partial charge in [0.1, 0.15) is 25.4 Å². The number of rotatable bonds is 12. The van der Waals surface area contributed by atoms with E-state index in [0.717, 1.165) is 22.2 Å². The maximum absolute atomic E-state index is 9.94. The Hall–Kier alpha value is -3.20. The van der Waals surface area contributed by atoms with Crippen molar-refractivity contribution < 1.29 is 24.1 Å². The van der Waals surface area contributed by atoms with E-state index in [2.05, 4.69) is 15.3 Å². The number of ether oxygens (including phenoxy) is 4. The van der Waals surface area contributed by atoms with Crippen molar-refractivity contribution >= 4 is 28.5 Å². The van der Waals surface area contributed by atoms with Crippen LogP contribution in [0.3, 0.4) is 0 Å². The molecule has 0 saturated heterocycles. The molecule has 0 spiro atoms. The average Bonchev–Trinajstić information content (AvgIpc) is 2.78. The van der Waals surface area contributed by atoms with Crippen molar-refractivity contribution in [3.05, 3.63) is 54.4 Å². The first kappa shape index (κ1) is 24.4. The Bertz CT molecular complexity index is 1080. The molecular weight excluding hydrogens is 422 g/mol. The molecule has 1 heterocycles. The molecule has 2 aromatic carbocycles. The number of aromatic nitrogens is 2. The van der Waals surface area contributed by atoms with Crippen molar-refractivity contribution in [3.8, 4) is 11.5 Å². The van der Waals surface area contributed by atoms with Crippen molar-refractivity contribution in [1.82, 2.24) is 9.97 Å². The Labute approximate surface area is 194 Å². The Balaban J connectivity index is 1.91. The van der Waals surface area contributed by atoms with E-state index in [1.165, 1.54) is 6.33 Å². The van der Waals surface area contributed by atoms with Gasteiger partial charge in [-0.1, -0.05) is 24.3 Å². The lowest BCUT2D eigenvalue weighted by Gasteiger charge is -2.15. The van der Waals surface area contributed by atoms with Crippen LogP contribution in [0.1, 0.15) is 19.4 Å². The zero-order valence-corrected chi connectivity index (χ0v) is 19.5. The van der Waals surface area contributed by atoms with Crippen LogP contribution < -0.4 is 14.8 Å². The van der Waals surface area contributed by atoms with Crippen molar-refractivity contribution in [2.45, 2.75) is 19.4 Å². The molecule has 0 aliphatic rings. The SMILES string of the molecule is COCCOc1cc2ncnc(Nc3cccc(/C=C/C(C)(C)O)c3)c2cc1OCCOC. The molecule has 0 bridgehead atoms. The molecule has 3 rings (SSSR count). The maximum Gasteiger partial charge on any atom is 0.163 e. The molecule has 0 unspecified atom stereocenters. The number of hydrogen-bond donors (Lipinski definition) is 2. The van der Waals surface area contributed by atoms with E-state index >= 15 is 0 Å². The minimum atomic E-state index is -0.880. The van der Waals surface area contributed by atoms with E-state index in [1.54, 1.807) is 34.1 Å². The number of benzene rings is 2. The number of anilines is 2. The fraction of sp³-hybridized carbons (Fsp3) is 0.360. The van der Waals surface area contributed by atoms with Gasteiger partial charge in [-0.25, -0.2) is 9.97 Å². The third-order valence-electron chi connectivity index (χ3n) is 4.62. The molecule has 0 aliphatic heterocycles. The van der Waals surface area contributed by atoms with Crippen LogP contribution in [0, 0.1) is 0 Å². The van der Waals surface area contributed by atoms with Crippen LogP contribution in [0.15, 0.2) is 48.8 Å². The Kier molecular flexibility index (Phi) is 8.59. The van der Waals surface area contributed by atoms with Crippen LogP contribution in [0.4, 0.5) is 11.5 Å². The van der Waals surface area contributed by atoms with Crippen molar-refractivity contribution in [2.75, 3.05) is 46.0 Å². The standard InChI is InChI=1S/C25H31N3O5/c1-25(2,29)9-8-18-6-5-7-19(14-18)28-24-20-15-22(32-12-10-30-3)23(33-13-11-31-4)16-21(20)26-17-27-24/h5-9,14-17,29H,10-13H2,1-4H3,(H,26,27,28)/b9-8+. The number of aliphatic hydroxyl groups is 1. The van der Waals surface area contributed by atoms with Crippen LogP contribution in [0.25, 0.3) is 17.0 Å². The number of methoxy groups -OCH3 is 2. The van der Waals surface area contributed by atoms with Crippen LogP contribution in [-0.4, -0.2) is 61.3 Å². The molecule has 0 radical (unpaired) electrons. The monoisotopic (exact) mass is 453 g/mol. The Morgan fingerprint density at radius 2 is 1.64 bits per heavy atom. The first-order chi connectivity index (χ1) is 15.9. The lowest BCUT2D eigenvalue weighted by Crippen LogP contribution is -2.13. The van der Waals surface area contributed by atoms with Gasteiger partial charge in [-0.05, 0) is 37.6 Å². The first-order valence-corrected chi connectivity index (χ1v) is 10.7. The van der Waals surface area contributed by atoms with Crippen LogP contribution in [-0.2, 0) is 9.47 Å². The maximum atomic E-state index is 9.94. The van der Waals surface area contributed by atoms with E-state index < -0.39 is 5.60 Å². The number of hydrogen-bond acceptors (Lipinski definition) is 8. The van der Waals surface area contributed by atoms with Gasteiger partial charge in [0, 0.05) is 31.4 Å². The molecule has 0 atom stereocenters. The zero-order valence-electron chi connectivity index (χ0n) is 19.5. The zero-order chi connectivity index (χ0) is 23.7. The number of fused-ring (bicyclic) bond motifs is 1. The summed E-state index contributed by atoms with van der Waals surface area (Å²) < 4.78 is 21.9. The van der Waals surface area contributed by atoms with E-state index in [1.807, 2.05) is 42.5 Å². The second-order valence-corrected chi connectivity index (χ2v) is 7.96. The number of nitrogens with zero attached hydrogens (tertiary/aromatic N) is 2. The van der Waals surface area contributed by atoms with Crippen molar-refractivity contribution in [3.63, 3.8) is 0 Å². The van der Waals surface area contributed by atoms with Gasteiger partial charge < -0.3 is 29.4 Å². The average molecular weight is 454 g/mol. The molecular formula is C25H31N3O5. The van der Waals surface area contributed by atoms with Gasteiger partial charge in [-0.15, -0.1) is 0 Å². The minimum Gasteiger partial charge on any atom is -0.487 e. The molecule has 0 saturated carbocycles. The third-order valence-corrected chi connectivity index (χ3v) is 4.62. The molecule has 2 N–H and O–H groups in total. The van der Waals surface area contributed by atoms with Crippen LogP contribution >= 0.6 is 0 Å². The Morgan fingerprint density at radius 3 is 2.30 bits per heavy atom. The van der Waals surface area contributed by atoms with Crippen molar-refractivity contribution in [1.29, 1.82) is 0 Å². The van der Waals surface area contributed by atoms with E-state index in [9.17, 15) is 5.11 Å². The highest BCUT2D eigenvalue weighted by molar-refractivity contribution is 5.93. The fourth-order valence-corrected chi connectivity index (χ4v) is 3.02. The van der Waals surface area contributed by atoms with Crippen molar-refractivity contribution in [2.24, 2.45) is 0 Å². The van der Waals surface area contributed by atoms with E-state index in [4.69, 9.17) is 18.9 Å². The molecule has 0 amide bonds.